The van der Waals surface area contributed by atoms with Crippen molar-refractivity contribution in [1.82, 2.24) is 0 Å². The zero-order chi connectivity index (χ0) is 15.0. The Morgan fingerprint density at radius 2 is 1.76 bits per heavy atom. The average Bonchev–Trinajstić information content (AvgIpc) is 2.82. The van der Waals surface area contributed by atoms with E-state index in [0.29, 0.717) is 16.1 Å². The van der Waals surface area contributed by atoms with Gasteiger partial charge in [0, 0.05) is 27.8 Å². The van der Waals surface area contributed by atoms with Crippen LogP contribution in [-0.2, 0) is 0 Å². The number of nitro groups is 1. The lowest BCUT2D eigenvalue weighted by Gasteiger charge is -2.01. The number of non-ortho nitro benzene ring substituents is 1. The fraction of sp³-hybridized carbons (Fsp3) is 0. The molecule has 0 radical (unpaired) electrons. The van der Waals surface area contributed by atoms with Gasteiger partial charge in [0.05, 0.1) is 15.5 Å². The SMILES string of the molecule is Nc1sc2ccccc2c1C(=O)c1ccc([N+](=O)[O-])cc1. The van der Waals surface area contributed by atoms with Crippen molar-refractivity contribution in [1.29, 1.82) is 0 Å². The number of nitro benzene ring substituents is 1. The molecular weight excluding hydrogens is 288 g/mol. The summed E-state index contributed by atoms with van der Waals surface area (Å²) in [5.41, 5.74) is 6.76. The van der Waals surface area contributed by atoms with Crippen LogP contribution in [0.5, 0.6) is 0 Å². The van der Waals surface area contributed by atoms with Crippen LogP contribution in [0.4, 0.5) is 10.7 Å². The van der Waals surface area contributed by atoms with Gasteiger partial charge in [-0.2, -0.15) is 0 Å². The van der Waals surface area contributed by atoms with E-state index in [-0.39, 0.29) is 11.5 Å². The van der Waals surface area contributed by atoms with E-state index in [1.807, 2.05) is 24.3 Å². The zero-order valence-corrected chi connectivity index (χ0v) is 11.6. The van der Waals surface area contributed by atoms with Gasteiger partial charge in [0.2, 0.25) is 0 Å². The van der Waals surface area contributed by atoms with Gasteiger partial charge >= 0.3 is 0 Å². The van der Waals surface area contributed by atoms with Crippen LogP contribution < -0.4 is 5.73 Å². The summed E-state index contributed by atoms with van der Waals surface area (Å²) in [6.07, 6.45) is 0. The Hall–Kier alpha value is -2.73. The molecule has 0 saturated heterocycles. The summed E-state index contributed by atoms with van der Waals surface area (Å²) in [6, 6.07) is 13.0. The fourth-order valence-electron chi connectivity index (χ4n) is 2.18. The molecule has 1 aromatic heterocycles. The van der Waals surface area contributed by atoms with Crippen molar-refractivity contribution in [3.63, 3.8) is 0 Å². The van der Waals surface area contributed by atoms with E-state index >= 15 is 0 Å². The second-order valence-electron chi connectivity index (χ2n) is 4.47. The number of rotatable bonds is 3. The van der Waals surface area contributed by atoms with Crippen LogP contribution in [0.2, 0.25) is 0 Å². The molecular formula is C15H10N2O3S. The molecule has 0 bridgehead atoms. The van der Waals surface area contributed by atoms with Gasteiger partial charge in [-0.1, -0.05) is 18.2 Å². The smallest absolute Gasteiger partial charge is 0.269 e. The van der Waals surface area contributed by atoms with Gasteiger partial charge in [-0.3, -0.25) is 14.9 Å². The summed E-state index contributed by atoms with van der Waals surface area (Å²) in [4.78, 5) is 22.7. The molecule has 0 aliphatic rings. The first-order valence-electron chi connectivity index (χ1n) is 6.14. The van der Waals surface area contributed by atoms with Crippen molar-refractivity contribution >= 4 is 37.9 Å². The third-order valence-electron chi connectivity index (χ3n) is 3.19. The lowest BCUT2D eigenvalue weighted by Crippen LogP contribution is -2.03. The number of anilines is 1. The number of nitrogens with zero attached hydrogens (tertiary/aromatic N) is 1. The van der Waals surface area contributed by atoms with Crippen LogP contribution in [0, 0.1) is 10.1 Å². The molecule has 0 spiro atoms. The molecule has 1 heterocycles. The van der Waals surface area contributed by atoms with Gasteiger partial charge in [0.25, 0.3) is 5.69 Å². The minimum absolute atomic E-state index is 0.0466. The number of carbonyl (C=O) groups excluding carboxylic acids is 1. The molecule has 0 atom stereocenters. The number of benzene rings is 2. The first kappa shape index (κ1) is 13.3. The van der Waals surface area contributed by atoms with Crippen LogP contribution in [-0.4, -0.2) is 10.7 Å². The standard InChI is InChI=1S/C15H10N2O3S/c16-15-13(11-3-1-2-4-12(11)21-15)14(18)9-5-7-10(8-6-9)17(19)20/h1-8H,16H2. The molecule has 2 aromatic carbocycles. The number of nitrogens with two attached hydrogens (primary N) is 1. The first-order chi connectivity index (χ1) is 10.1. The number of ketones is 1. The van der Waals surface area contributed by atoms with Crippen molar-refractivity contribution in [2.45, 2.75) is 0 Å². The monoisotopic (exact) mass is 298 g/mol. The number of hydrogen-bond donors (Lipinski definition) is 1. The Bertz CT molecular complexity index is 853. The van der Waals surface area contributed by atoms with E-state index < -0.39 is 4.92 Å². The van der Waals surface area contributed by atoms with Gasteiger partial charge < -0.3 is 5.73 Å². The molecule has 0 amide bonds. The largest absolute Gasteiger partial charge is 0.390 e. The second-order valence-corrected chi connectivity index (χ2v) is 5.55. The molecule has 0 aliphatic carbocycles. The molecule has 2 N–H and O–H groups in total. The Morgan fingerprint density at radius 3 is 2.43 bits per heavy atom. The third kappa shape index (κ3) is 2.25. The lowest BCUT2D eigenvalue weighted by atomic mass is 10.0. The van der Waals surface area contributed by atoms with Crippen LogP contribution in [0.3, 0.4) is 0 Å². The Labute approximate surface area is 123 Å². The molecule has 0 unspecified atom stereocenters. The normalized spacial score (nSPS) is 10.7. The van der Waals surface area contributed by atoms with Crippen molar-refractivity contribution in [2.75, 3.05) is 5.73 Å². The summed E-state index contributed by atoms with van der Waals surface area (Å²) in [5, 5.41) is 11.9. The predicted octanol–water partition coefficient (Wildman–Crippen LogP) is 3.62. The minimum Gasteiger partial charge on any atom is -0.390 e. The number of hydrogen-bond acceptors (Lipinski definition) is 5. The second kappa shape index (κ2) is 4.99. The molecule has 0 aliphatic heterocycles. The van der Waals surface area contributed by atoms with Crippen molar-refractivity contribution in [3.05, 3.63) is 69.8 Å². The van der Waals surface area contributed by atoms with E-state index in [0.717, 1.165) is 10.1 Å². The molecule has 3 aromatic rings. The van der Waals surface area contributed by atoms with Crippen molar-refractivity contribution < 1.29 is 9.72 Å². The van der Waals surface area contributed by atoms with Crippen molar-refractivity contribution in [2.24, 2.45) is 0 Å². The van der Waals surface area contributed by atoms with E-state index in [4.69, 9.17) is 5.73 Å². The molecule has 104 valence electrons. The van der Waals surface area contributed by atoms with Gasteiger partial charge in [0.15, 0.2) is 5.78 Å². The molecule has 5 nitrogen and oxygen atoms in total. The highest BCUT2D eigenvalue weighted by Crippen LogP contribution is 2.34. The summed E-state index contributed by atoms with van der Waals surface area (Å²) < 4.78 is 0.945. The van der Waals surface area contributed by atoms with Gasteiger partial charge in [0.1, 0.15) is 0 Å². The summed E-state index contributed by atoms with van der Waals surface area (Å²) in [6.45, 7) is 0. The van der Waals surface area contributed by atoms with E-state index in [9.17, 15) is 14.9 Å². The van der Waals surface area contributed by atoms with Crippen LogP contribution in [0.1, 0.15) is 15.9 Å². The van der Waals surface area contributed by atoms with Crippen LogP contribution >= 0.6 is 11.3 Å². The minimum atomic E-state index is -0.497. The Kier molecular flexibility index (Phi) is 3.15. The molecule has 0 saturated carbocycles. The molecule has 21 heavy (non-hydrogen) atoms. The quantitative estimate of drug-likeness (QED) is 0.454. The van der Waals surface area contributed by atoms with Gasteiger partial charge in [-0.05, 0) is 18.2 Å². The average molecular weight is 298 g/mol. The van der Waals surface area contributed by atoms with Gasteiger partial charge in [-0.15, -0.1) is 11.3 Å². The molecule has 0 fully saturated rings. The molecule has 6 heteroatoms. The maximum Gasteiger partial charge on any atom is 0.269 e. The van der Waals surface area contributed by atoms with Crippen LogP contribution in [0.25, 0.3) is 10.1 Å². The number of fused-ring (bicyclic) bond motifs is 1. The predicted molar refractivity (Wildman–Crippen MR) is 82.8 cm³/mol. The topological polar surface area (TPSA) is 86.2 Å². The maximum absolute atomic E-state index is 12.6. The third-order valence-corrected chi connectivity index (χ3v) is 4.19. The fourth-order valence-corrected chi connectivity index (χ4v) is 3.15. The zero-order valence-electron chi connectivity index (χ0n) is 10.8. The van der Waals surface area contributed by atoms with Crippen LogP contribution in [0.15, 0.2) is 48.5 Å². The first-order valence-corrected chi connectivity index (χ1v) is 6.96. The maximum atomic E-state index is 12.6. The lowest BCUT2D eigenvalue weighted by molar-refractivity contribution is -0.384. The molecule has 3 rings (SSSR count). The summed E-state index contributed by atoms with van der Waals surface area (Å²) in [5.74, 6) is -0.222. The Morgan fingerprint density at radius 1 is 1.10 bits per heavy atom. The summed E-state index contributed by atoms with van der Waals surface area (Å²) >= 11 is 1.36. The van der Waals surface area contributed by atoms with Crippen molar-refractivity contribution in [3.8, 4) is 0 Å². The highest BCUT2D eigenvalue weighted by molar-refractivity contribution is 7.23. The van der Waals surface area contributed by atoms with E-state index in [1.54, 1.807) is 0 Å². The van der Waals surface area contributed by atoms with E-state index in [2.05, 4.69) is 0 Å². The number of thiophene rings is 1. The highest BCUT2D eigenvalue weighted by Gasteiger charge is 2.19. The summed E-state index contributed by atoms with van der Waals surface area (Å²) in [7, 11) is 0. The number of carbonyl (C=O) groups is 1. The number of nitrogen functional groups attached to an aromatic ring is 1. The highest BCUT2D eigenvalue weighted by atomic mass is 32.1. The van der Waals surface area contributed by atoms with Gasteiger partial charge in [-0.25, -0.2) is 0 Å². The Balaban J connectivity index is 2.08. The van der Waals surface area contributed by atoms with E-state index in [1.165, 1.54) is 35.6 Å².